The molecule has 1 aromatic carbocycles. The van der Waals surface area contributed by atoms with E-state index in [9.17, 15) is 0 Å². The van der Waals surface area contributed by atoms with Crippen LogP contribution in [0.4, 0.5) is 5.82 Å². The van der Waals surface area contributed by atoms with Crippen molar-refractivity contribution in [2.45, 2.75) is 52.9 Å². The summed E-state index contributed by atoms with van der Waals surface area (Å²) in [6, 6.07) is 10.6. The van der Waals surface area contributed by atoms with E-state index in [1.807, 2.05) is 11.3 Å². The second-order valence-corrected chi connectivity index (χ2v) is 9.43. The molecule has 2 heterocycles. The molecule has 0 fully saturated rings. The first-order chi connectivity index (χ1) is 13.1. The molecule has 4 heteroatoms. The van der Waals surface area contributed by atoms with Gasteiger partial charge in [0, 0.05) is 11.4 Å². The fraction of sp³-hybridized carbons (Fsp3) is 0.478. The Morgan fingerprint density at radius 3 is 2.78 bits per heavy atom. The molecule has 1 aliphatic rings. The minimum atomic E-state index is 0.391. The van der Waals surface area contributed by atoms with Gasteiger partial charge in [0.05, 0.1) is 5.39 Å². The van der Waals surface area contributed by atoms with Crippen LogP contribution in [0.5, 0.6) is 0 Å². The van der Waals surface area contributed by atoms with Crippen LogP contribution in [0.2, 0.25) is 0 Å². The molecule has 0 unspecified atom stereocenters. The number of aryl methyl sites for hydroxylation is 1. The van der Waals surface area contributed by atoms with Crippen LogP contribution < -0.4 is 5.32 Å². The number of hydrogen-bond acceptors (Lipinski definition) is 4. The van der Waals surface area contributed by atoms with Crippen molar-refractivity contribution in [3.05, 3.63) is 52.7 Å². The topological polar surface area (TPSA) is 37.8 Å². The summed E-state index contributed by atoms with van der Waals surface area (Å²) < 4.78 is 0. The zero-order valence-corrected chi connectivity index (χ0v) is 17.4. The highest BCUT2D eigenvalue weighted by Crippen LogP contribution is 2.45. The number of benzene rings is 1. The van der Waals surface area contributed by atoms with Gasteiger partial charge in [-0.3, -0.25) is 0 Å². The normalized spacial score (nSPS) is 17.1. The Hall–Kier alpha value is -1.94. The van der Waals surface area contributed by atoms with Crippen LogP contribution in [0.1, 0.15) is 49.6 Å². The average Bonchev–Trinajstić information content (AvgIpc) is 3.07. The van der Waals surface area contributed by atoms with Gasteiger partial charge in [-0.2, -0.15) is 0 Å². The Balaban J connectivity index is 1.59. The van der Waals surface area contributed by atoms with Crippen LogP contribution in [-0.2, 0) is 19.3 Å². The zero-order chi connectivity index (χ0) is 18.9. The van der Waals surface area contributed by atoms with Crippen LogP contribution in [0.3, 0.4) is 0 Å². The van der Waals surface area contributed by atoms with E-state index in [1.54, 1.807) is 6.33 Å². The van der Waals surface area contributed by atoms with Gasteiger partial charge in [-0.25, -0.2) is 9.97 Å². The zero-order valence-electron chi connectivity index (χ0n) is 16.6. The van der Waals surface area contributed by atoms with E-state index in [1.165, 1.54) is 40.7 Å². The van der Waals surface area contributed by atoms with Crippen LogP contribution >= 0.6 is 11.3 Å². The predicted octanol–water partition coefficient (Wildman–Crippen LogP) is 5.89. The lowest BCUT2D eigenvalue weighted by atomic mass is 9.69. The Labute approximate surface area is 166 Å². The van der Waals surface area contributed by atoms with Gasteiger partial charge in [-0.15, -0.1) is 11.3 Å². The minimum absolute atomic E-state index is 0.391. The van der Waals surface area contributed by atoms with Crippen molar-refractivity contribution in [2.24, 2.45) is 11.3 Å². The van der Waals surface area contributed by atoms with Crippen molar-refractivity contribution in [3.8, 4) is 0 Å². The molecule has 0 bridgehead atoms. The van der Waals surface area contributed by atoms with Gasteiger partial charge < -0.3 is 5.32 Å². The third-order valence-corrected chi connectivity index (χ3v) is 7.61. The maximum Gasteiger partial charge on any atom is 0.138 e. The molecule has 142 valence electrons. The molecule has 2 aromatic heterocycles. The number of anilines is 1. The average molecular weight is 380 g/mol. The lowest BCUT2D eigenvalue weighted by molar-refractivity contribution is 0.184. The van der Waals surface area contributed by atoms with E-state index in [-0.39, 0.29) is 0 Å². The van der Waals surface area contributed by atoms with E-state index in [4.69, 9.17) is 0 Å². The minimum Gasteiger partial charge on any atom is -0.369 e. The molecule has 0 amide bonds. The summed E-state index contributed by atoms with van der Waals surface area (Å²) in [5.41, 5.74) is 3.26. The monoisotopic (exact) mass is 379 g/mol. The second kappa shape index (κ2) is 7.59. The summed E-state index contributed by atoms with van der Waals surface area (Å²) in [4.78, 5) is 11.9. The molecule has 3 nitrogen and oxygen atoms in total. The first kappa shape index (κ1) is 18.4. The molecule has 0 saturated carbocycles. The highest BCUT2D eigenvalue weighted by atomic mass is 32.1. The molecule has 0 spiro atoms. The fourth-order valence-corrected chi connectivity index (χ4v) is 5.35. The Bertz CT molecular complexity index is 914. The largest absolute Gasteiger partial charge is 0.369 e. The second-order valence-electron chi connectivity index (χ2n) is 8.35. The molecule has 1 atom stereocenters. The van der Waals surface area contributed by atoms with Crippen molar-refractivity contribution in [2.75, 3.05) is 11.9 Å². The highest BCUT2D eigenvalue weighted by molar-refractivity contribution is 7.19. The summed E-state index contributed by atoms with van der Waals surface area (Å²) in [6.07, 6.45) is 7.59. The predicted molar refractivity (Wildman–Crippen MR) is 116 cm³/mol. The summed E-state index contributed by atoms with van der Waals surface area (Å²) >= 11 is 1.87. The fourth-order valence-electron chi connectivity index (χ4n) is 4.17. The molecule has 3 aromatic rings. The lowest BCUT2D eigenvalue weighted by Crippen LogP contribution is -2.28. The smallest absolute Gasteiger partial charge is 0.138 e. The number of thiophene rings is 1. The molecule has 0 aliphatic heterocycles. The third-order valence-electron chi connectivity index (χ3n) is 6.41. The number of fused-ring (bicyclic) bond motifs is 3. The first-order valence-electron chi connectivity index (χ1n) is 10.1. The van der Waals surface area contributed by atoms with Crippen LogP contribution in [0.25, 0.3) is 10.2 Å². The molecular formula is C23H29N3S. The van der Waals surface area contributed by atoms with Gasteiger partial charge in [-0.05, 0) is 48.1 Å². The van der Waals surface area contributed by atoms with E-state index in [0.29, 0.717) is 5.41 Å². The van der Waals surface area contributed by atoms with Crippen LogP contribution in [0, 0.1) is 11.3 Å². The molecule has 0 radical (unpaired) electrons. The number of rotatable bonds is 6. The molecule has 27 heavy (non-hydrogen) atoms. The van der Waals surface area contributed by atoms with E-state index in [0.717, 1.165) is 36.0 Å². The number of nitrogens with zero attached hydrogens (tertiary/aromatic N) is 2. The van der Waals surface area contributed by atoms with Crippen LogP contribution in [-0.4, -0.2) is 16.5 Å². The lowest BCUT2D eigenvalue weighted by Gasteiger charge is -2.36. The maximum atomic E-state index is 4.61. The van der Waals surface area contributed by atoms with E-state index < -0.39 is 0 Å². The van der Waals surface area contributed by atoms with E-state index in [2.05, 4.69) is 66.4 Å². The third kappa shape index (κ3) is 3.73. The van der Waals surface area contributed by atoms with E-state index >= 15 is 0 Å². The molecule has 0 saturated heterocycles. The van der Waals surface area contributed by atoms with Crippen molar-refractivity contribution >= 4 is 27.4 Å². The first-order valence-corrected chi connectivity index (χ1v) is 10.9. The molecule has 1 aliphatic carbocycles. The van der Waals surface area contributed by atoms with Gasteiger partial charge >= 0.3 is 0 Å². The van der Waals surface area contributed by atoms with Gasteiger partial charge in [0.1, 0.15) is 17.0 Å². The summed E-state index contributed by atoms with van der Waals surface area (Å²) in [5.74, 6) is 1.76. The number of aromatic nitrogens is 2. The van der Waals surface area contributed by atoms with Gasteiger partial charge in [-0.1, -0.05) is 57.5 Å². The highest BCUT2D eigenvalue weighted by Gasteiger charge is 2.33. The van der Waals surface area contributed by atoms with Gasteiger partial charge in [0.2, 0.25) is 0 Å². The summed E-state index contributed by atoms with van der Waals surface area (Å²) in [7, 11) is 0. The SMILES string of the molecule is CCC(C)(C)[C@@H]1CCc2sc3ncnc(NCCc4ccccc4)c3c2C1. The number of hydrogen-bond donors (Lipinski definition) is 1. The quantitative estimate of drug-likeness (QED) is 0.580. The Morgan fingerprint density at radius 1 is 1.19 bits per heavy atom. The molecule has 1 N–H and O–H groups in total. The standard InChI is InChI=1S/C23H29N3S/c1-4-23(2,3)17-10-11-19-18(14-17)20-21(25-15-26-22(20)27-19)24-13-12-16-8-6-5-7-9-16/h5-9,15,17H,4,10-14H2,1-3H3,(H,24,25,26)/t17-/m1/s1. The molecular weight excluding hydrogens is 350 g/mol. The number of nitrogens with one attached hydrogen (secondary N) is 1. The summed E-state index contributed by atoms with van der Waals surface area (Å²) in [6.45, 7) is 8.06. The molecule has 4 rings (SSSR count). The van der Waals surface area contributed by atoms with Gasteiger partial charge in [0.25, 0.3) is 0 Å². The Kier molecular flexibility index (Phi) is 5.18. The van der Waals surface area contributed by atoms with Crippen molar-refractivity contribution in [1.29, 1.82) is 0 Å². The maximum absolute atomic E-state index is 4.61. The Morgan fingerprint density at radius 2 is 2.00 bits per heavy atom. The summed E-state index contributed by atoms with van der Waals surface area (Å²) in [5, 5.41) is 4.88. The van der Waals surface area contributed by atoms with Gasteiger partial charge in [0.15, 0.2) is 0 Å². The van der Waals surface area contributed by atoms with Crippen molar-refractivity contribution < 1.29 is 0 Å². The van der Waals surface area contributed by atoms with Crippen LogP contribution in [0.15, 0.2) is 36.7 Å². The van der Waals surface area contributed by atoms with Crippen molar-refractivity contribution in [1.82, 2.24) is 9.97 Å². The van der Waals surface area contributed by atoms with Crippen molar-refractivity contribution in [3.63, 3.8) is 0 Å².